The van der Waals surface area contributed by atoms with Crippen LogP contribution in [0.15, 0.2) is 11.6 Å². The first-order valence-electron chi connectivity index (χ1n) is 13.3. The van der Waals surface area contributed by atoms with Crippen molar-refractivity contribution in [2.24, 2.45) is 46.3 Å². The van der Waals surface area contributed by atoms with Crippen molar-refractivity contribution < 1.29 is 8.42 Å². The molecule has 0 unspecified atom stereocenters. The van der Waals surface area contributed by atoms with Crippen LogP contribution in [-0.2, 0) is 9.84 Å². The Hall–Kier alpha value is -0.310. The van der Waals surface area contributed by atoms with Gasteiger partial charge in [-0.1, -0.05) is 65.5 Å². The Bertz CT molecular complexity index is 796. The maximum absolute atomic E-state index is 12.2. The molecule has 0 radical (unpaired) electrons. The molecule has 0 aromatic rings. The molecule has 0 aromatic heterocycles. The zero-order chi connectivity index (χ0) is 22.6. The minimum absolute atomic E-state index is 0.139. The van der Waals surface area contributed by atoms with Crippen LogP contribution < -0.4 is 0 Å². The number of allylic oxidation sites excluding steroid dienone is 2. The van der Waals surface area contributed by atoms with Gasteiger partial charge in [0.1, 0.15) is 0 Å². The Morgan fingerprint density at radius 1 is 1.00 bits per heavy atom. The first kappa shape index (κ1) is 23.8. The Balaban J connectivity index is 1.50. The lowest BCUT2D eigenvalue weighted by atomic mass is 9.47. The van der Waals surface area contributed by atoms with Crippen LogP contribution in [0.2, 0.25) is 0 Å². The lowest BCUT2D eigenvalue weighted by molar-refractivity contribution is -0.0498. The zero-order valence-electron chi connectivity index (χ0n) is 21.1. The second-order valence-electron chi connectivity index (χ2n) is 13.0. The van der Waals surface area contributed by atoms with Crippen LogP contribution in [0.25, 0.3) is 0 Å². The number of rotatable bonds is 6. The minimum atomic E-state index is -2.93. The molecule has 4 rings (SSSR count). The van der Waals surface area contributed by atoms with Crippen molar-refractivity contribution in [3.63, 3.8) is 0 Å². The van der Waals surface area contributed by atoms with E-state index >= 15 is 0 Å². The quantitative estimate of drug-likeness (QED) is 0.396. The summed E-state index contributed by atoms with van der Waals surface area (Å²) in [4.78, 5) is 0. The van der Waals surface area contributed by atoms with Crippen LogP contribution in [0, 0.1) is 46.3 Å². The van der Waals surface area contributed by atoms with Crippen LogP contribution in [0.1, 0.15) is 105 Å². The molecule has 0 heterocycles. The van der Waals surface area contributed by atoms with Crippen molar-refractivity contribution in [1.82, 2.24) is 0 Å². The first-order chi connectivity index (χ1) is 14.5. The monoisotopic (exact) mass is 448 g/mol. The van der Waals surface area contributed by atoms with E-state index < -0.39 is 9.84 Å². The highest BCUT2D eigenvalue weighted by molar-refractivity contribution is 7.91. The maximum Gasteiger partial charge on any atom is 0.150 e. The molecule has 8 atom stereocenters. The van der Waals surface area contributed by atoms with Gasteiger partial charge in [0.2, 0.25) is 0 Å². The molecular formula is C28H48O2S. The molecule has 31 heavy (non-hydrogen) atoms. The summed E-state index contributed by atoms with van der Waals surface area (Å²) in [5.41, 5.74) is 2.28. The molecule has 0 saturated heterocycles. The third-order valence-electron chi connectivity index (χ3n) is 10.9. The lowest BCUT2D eigenvalue weighted by Gasteiger charge is -2.58. The van der Waals surface area contributed by atoms with Gasteiger partial charge in [0.05, 0.1) is 5.25 Å². The predicted molar refractivity (Wildman–Crippen MR) is 132 cm³/mol. The summed E-state index contributed by atoms with van der Waals surface area (Å²) in [5.74, 6) is 5.09. The van der Waals surface area contributed by atoms with Gasteiger partial charge >= 0.3 is 0 Å². The fraction of sp³-hybridized carbons (Fsp3) is 0.929. The number of hydrogen-bond donors (Lipinski definition) is 0. The third-order valence-corrected chi connectivity index (χ3v) is 12.5. The molecule has 178 valence electrons. The highest BCUT2D eigenvalue weighted by Gasteiger charge is 2.59. The van der Waals surface area contributed by atoms with E-state index in [9.17, 15) is 8.42 Å². The molecule has 0 spiro atoms. The van der Waals surface area contributed by atoms with Gasteiger partial charge in [-0.15, -0.1) is 0 Å². The predicted octanol–water partition coefficient (Wildman–Crippen LogP) is 7.44. The van der Waals surface area contributed by atoms with Gasteiger partial charge in [-0.25, -0.2) is 8.42 Å². The zero-order valence-corrected chi connectivity index (χ0v) is 21.9. The summed E-state index contributed by atoms with van der Waals surface area (Å²) in [5, 5.41) is -0.139. The molecule has 4 aliphatic rings. The Kier molecular flexibility index (Phi) is 6.52. The maximum atomic E-state index is 12.2. The minimum Gasteiger partial charge on any atom is -0.229 e. The standard InChI is InChI=1S/C28H48O2S/c1-19(2)8-7-9-20(3)24-12-13-25-23-11-10-21-18-22(31(6,29)30)14-16-27(21,4)26(23)15-17-28(24,25)5/h10,19-20,22-26H,7-9,11-18H2,1-6H3/t20-,22+,23+,24-,25+,26+,27+,28-/m1/s1. The molecule has 3 heteroatoms. The van der Waals surface area contributed by atoms with Gasteiger partial charge in [0.15, 0.2) is 9.84 Å². The van der Waals surface area contributed by atoms with Gasteiger partial charge in [0.25, 0.3) is 0 Å². The highest BCUT2D eigenvalue weighted by Crippen LogP contribution is 2.67. The average Bonchev–Trinajstić information content (AvgIpc) is 3.03. The summed E-state index contributed by atoms with van der Waals surface area (Å²) >= 11 is 0. The van der Waals surface area contributed by atoms with E-state index in [-0.39, 0.29) is 10.7 Å². The van der Waals surface area contributed by atoms with Crippen LogP contribution in [0.3, 0.4) is 0 Å². The summed E-state index contributed by atoms with van der Waals surface area (Å²) in [6.45, 7) is 12.4. The molecule has 4 aliphatic carbocycles. The summed E-state index contributed by atoms with van der Waals surface area (Å²) in [7, 11) is -2.93. The molecular weight excluding hydrogens is 400 g/mol. The number of fused-ring (bicyclic) bond motifs is 5. The SMILES string of the molecule is CC(C)CCC[C@@H](C)[C@H]1CC[C@H]2[C@@H]3CC=C4C[C@@H](S(C)(=O)=O)CC[C@]4(C)[C@H]3CC[C@]12C. The van der Waals surface area contributed by atoms with Gasteiger partial charge in [0, 0.05) is 6.26 Å². The molecule has 3 saturated carbocycles. The second kappa shape index (κ2) is 8.48. The fourth-order valence-corrected chi connectivity index (χ4v) is 10.0. The largest absolute Gasteiger partial charge is 0.229 e. The summed E-state index contributed by atoms with van der Waals surface area (Å²) in [6.07, 6.45) is 17.7. The number of sulfone groups is 1. The van der Waals surface area contributed by atoms with Gasteiger partial charge in [-0.2, -0.15) is 0 Å². The van der Waals surface area contributed by atoms with E-state index in [0.717, 1.165) is 54.8 Å². The van der Waals surface area contributed by atoms with Crippen molar-refractivity contribution in [3.8, 4) is 0 Å². The van der Waals surface area contributed by atoms with Gasteiger partial charge in [-0.3, -0.25) is 0 Å². The van der Waals surface area contributed by atoms with Gasteiger partial charge < -0.3 is 0 Å². The Morgan fingerprint density at radius 2 is 1.74 bits per heavy atom. The third kappa shape index (κ3) is 4.19. The van der Waals surface area contributed by atoms with E-state index in [2.05, 4.69) is 40.7 Å². The van der Waals surface area contributed by atoms with Crippen molar-refractivity contribution in [2.75, 3.05) is 6.26 Å². The lowest BCUT2D eigenvalue weighted by Crippen LogP contribution is -2.51. The fourth-order valence-electron chi connectivity index (χ4n) is 9.02. The molecule has 0 aromatic carbocycles. The van der Waals surface area contributed by atoms with E-state index in [4.69, 9.17) is 0 Å². The second-order valence-corrected chi connectivity index (χ2v) is 15.3. The van der Waals surface area contributed by atoms with Crippen LogP contribution in [0.5, 0.6) is 0 Å². The molecule has 2 nitrogen and oxygen atoms in total. The van der Waals surface area contributed by atoms with E-state index in [1.807, 2.05) is 0 Å². The molecule has 0 bridgehead atoms. The van der Waals surface area contributed by atoms with Crippen molar-refractivity contribution in [2.45, 2.75) is 110 Å². The van der Waals surface area contributed by atoms with Gasteiger partial charge in [-0.05, 0) is 97.7 Å². The van der Waals surface area contributed by atoms with Crippen LogP contribution in [0.4, 0.5) is 0 Å². The Labute approximate surface area is 193 Å². The van der Waals surface area contributed by atoms with Crippen LogP contribution >= 0.6 is 0 Å². The molecule has 0 N–H and O–H groups in total. The normalized spacial score (nSPS) is 43.7. The first-order valence-corrected chi connectivity index (χ1v) is 15.3. The van der Waals surface area contributed by atoms with Crippen molar-refractivity contribution >= 4 is 9.84 Å². The summed E-state index contributed by atoms with van der Waals surface area (Å²) in [6, 6.07) is 0. The topological polar surface area (TPSA) is 34.1 Å². The molecule has 0 aliphatic heterocycles. The van der Waals surface area contributed by atoms with E-state index in [1.165, 1.54) is 63.2 Å². The summed E-state index contributed by atoms with van der Waals surface area (Å²) < 4.78 is 24.4. The van der Waals surface area contributed by atoms with E-state index in [1.54, 1.807) is 0 Å². The molecule has 0 amide bonds. The average molecular weight is 449 g/mol. The van der Waals surface area contributed by atoms with Crippen molar-refractivity contribution in [3.05, 3.63) is 11.6 Å². The highest BCUT2D eigenvalue weighted by atomic mass is 32.2. The van der Waals surface area contributed by atoms with E-state index in [0.29, 0.717) is 5.41 Å². The van der Waals surface area contributed by atoms with Crippen molar-refractivity contribution in [1.29, 1.82) is 0 Å². The van der Waals surface area contributed by atoms with Crippen LogP contribution in [-0.4, -0.2) is 19.9 Å². The Morgan fingerprint density at radius 3 is 2.42 bits per heavy atom. The smallest absolute Gasteiger partial charge is 0.150 e. The molecule has 3 fully saturated rings. The number of hydrogen-bond acceptors (Lipinski definition) is 2.